The van der Waals surface area contributed by atoms with Crippen molar-refractivity contribution in [2.45, 2.75) is 13.2 Å². The Morgan fingerprint density at radius 3 is 3.21 bits per heavy atom. The molecule has 0 saturated carbocycles. The molecule has 74 valence electrons. The maximum Gasteiger partial charge on any atom is 0.309 e. The Morgan fingerprint density at radius 2 is 2.50 bits per heavy atom. The summed E-state index contributed by atoms with van der Waals surface area (Å²) in [6.45, 7) is 1.28. The molecular formula is C8H9N3O3. The van der Waals surface area contributed by atoms with E-state index in [-0.39, 0.29) is 5.88 Å². The number of H-pyrrole nitrogens is 1. The van der Waals surface area contributed by atoms with Crippen molar-refractivity contribution in [1.29, 1.82) is 0 Å². The first-order valence-electron chi connectivity index (χ1n) is 4.06. The summed E-state index contributed by atoms with van der Waals surface area (Å²) in [4.78, 5) is 10.7. The average molecular weight is 195 g/mol. The number of ether oxygens (including phenoxy) is 1. The van der Waals surface area contributed by atoms with Gasteiger partial charge in [0.25, 0.3) is 0 Å². The molecule has 2 heterocycles. The normalized spacial score (nSPS) is 18.6. The smallest absolute Gasteiger partial charge is 0.309 e. The van der Waals surface area contributed by atoms with E-state index in [4.69, 9.17) is 4.74 Å². The molecule has 0 aromatic carbocycles. The van der Waals surface area contributed by atoms with E-state index in [0.29, 0.717) is 11.3 Å². The van der Waals surface area contributed by atoms with Crippen LogP contribution >= 0.6 is 0 Å². The van der Waals surface area contributed by atoms with Crippen LogP contribution in [0, 0.1) is 0 Å². The van der Waals surface area contributed by atoms with E-state index in [1.807, 2.05) is 0 Å². The first-order valence-corrected chi connectivity index (χ1v) is 4.06. The molecule has 0 spiro atoms. The third kappa shape index (κ3) is 1.35. The summed E-state index contributed by atoms with van der Waals surface area (Å²) in [6.07, 6.45) is 2.38. The van der Waals surface area contributed by atoms with E-state index in [1.54, 1.807) is 12.3 Å². The molecule has 1 aliphatic rings. The van der Waals surface area contributed by atoms with Crippen molar-refractivity contribution >= 4 is 12.0 Å². The molecule has 1 unspecified atom stereocenters. The fourth-order valence-electron chi connectivity index (χ4n) is 1.26. The lowest BCUT2D eigenvalue weighted by atomic mass is 10.1. The Bertz CT molecular complexity index is 397. The zero-order valence-corrected chi connectivity index (χ0v) is 7.44. The maximum absolute atomic E-state index is 10.7. The van der Waals surface area contributed by atoms with Crippen LogP contribution in [-0.4, -0.2) is 21.3 Å². The fourth-order valence-corrected chi connectivity index (χ4v) is 1.26. The summed E-state index contributed by atoms with van der Waals surface area (Å²) in [5.41, 5.74) is 1.08. The maximum atomic E-state index is 10.7. The number of aliphatic hydroxyl groups is 1. The van der Waals surface area contributed by atoms with Crippen LogP contribution in [0.15, 0.2) is 6.20 Å². The van der Waals surface area contributed by atoms with Gasteiger partial charge in [-0.25, -0.2) is 0 Å². The molecule has 2 rings (SSSR count). The first kappa shape index (κ1) is 8.76. The van der Waals surface area contributed by atoms with E-state index in [0.717, 1.165) is 0 Å². The third-order valence-corrected chi connectivity index (χ3v) is 1.82. The molecule has 14 heavy (non-hydrogen) atoms. The van der Waals surface area contributed by atoms with Gasteiger partial charge in [0, 0.05) is 13.1 Å². The van der Waals surface area contributed by atoms with Crippen molar-refractivity contribution in [3.8, 4) is 5.88 Å². The van der Waals surface area contributed by atoms with E-state index in [2.05, 4.69) is 15.5 Å². The SMILES string of the molecule is CC(=O)Oc1n[nH]c2c1C(O)NC=C2. The Labute approximate surface area is 79.6 Å². The van der Waals surface area contributed by atoms with Crippen molar-refractivity contribution in [1.82, 2.24) is 15.5 Å². The molecule has 0 fully saturated rings. The molecule has 0 aliphatic carbocycles. The monoisotopic (exact) mass is 195 g/mol. The molecule has 3 N–H and O–H groups in total. The van der Waals surface area contributed by atoms with Crippen LogP contribution in [-0.2, 0) is 4.79 Å². The highest BCUT2D eigenvalue weighted by Gasteiger charge is 2.23. The van der Waals surface area contributed by atoms with Crippen molar-refractivity contribution in [2.75, 3.05) is 0 Å². The number of carbonyl (C=O) groups is 1. The number of aromatic nitrogens is 2. The second-order valence-electron chi connectivity index (χ2n) is 2.85. The number of esters is 1. The van der Waals surface area contributed by atoms with Crippen molar-refractivity contribution in [2.24, 2.45) is 0 Å². The lowest BCUT2D eigenvalue weighted by Gasteiger charge is -2.14. The van der Waals surface area contributed by atoms with Crippen LogP contribution in [0.2, 0.25) is 0 Å². The minimum Gasteiger partial charge on any atom is -0.405 e. The Hall–Kier alpha value is -1.82. The van der Waals surface area contributed by atoms with Gasteiger partial charge in [0.2, 0.25) is 5.88 Å². The van der Waals surface area contributed by atoms with Crippen LogP contribution in [0.5, 0.6) is 5.88 Å². The second-order valence-corrected chi connectivity index (χ2v) is 2.85. The first-order chi connectivity index (χ1) is 6.68. The second kappa shape index (κ2) is 3.15. The van der Waals surface area contributed by atoms with Crippen LogP contribution in [0.3, 0.4) is 0 Å². The molecule has 1 atom stereocenters. The van der Waals surface area contributed by atoms with Gasteiger partial charge < -0.3 is 15.2 Å². The number of hydrogen-bond acceptors (Lipinski definition) is 5. The molecule has 1 aromatic rings. The number of carbonyl (C=O) groups excluding carboxylic acids is 1. The van der Waals surface area contributed by atoms with Crippen LogP contribution in [0.25, 0.3) is 6.08 Å². The van der Waals surface area contributed by atoms with Gasteiger partial charge in [0.05, 0.1) is 11.3 Å². The van der Waals surface area contributed by atoms with Crippen molar-refractivity contribution < 1.29 is 14.6 Å². The zero-order chi connectivity index (χ0) is 10.1. The van der Waals surface area contributed by atoms with Crippen LogP contribution < -0.4 is 10.1 Å². The van der Waals surface area contributed by atoms with E-state index >= 15 is 0 Å². The molecular weight excluding hydrogens is 186 g/mol. The van der Waals surface area contributed by atoms with Gasteiger partial charge in [-0.3, -0.25) is 9.89 Å². The van der Waals surface area contributed by atoms with Crippen LogP contribution in [0.4, 0.5) is 0 Å². The number of hydrogen-bond donors (Lipinski definition) is 3. The zero-order valence-electron chi connectivity index (χ0n) is 7.44. The minimum atomic E-state index is -0.900. The number of aliphatic hydroxyl groups excluding tert-OH is 1. The number of nitrogens with zero attached hydrogens (tertiary/aromatic N) is 1. The lowest BCUT2D eigenvalue weighted by molar-refractivity contribution is -0.132. The molecule has 0 bridgehead atoms. The molecule has 1 aliphatic heterocycles. The Kier molecular flexibility index (Phi) is 1.97. The van der Waals surface area contributed by atoms with Gasteiger partial charge in [0.15, 0.2) is 6.23 Å². The largest absolute Gasteiger partial charge is 0.405 e. The van der Waals surface area contributed by atoms with Gasteiger partial charge in [0.1, 0.15) is 0 Å². The molecule has 1 aromatic heterocycles. The Balaban J connectivity index is 2.39. The number of aromatic amines is 1. The summed E-state index contributed by atoms with van der Waals surface area (Å²) in [7, 11) is 0. The average Bonchev–Trinajstić information content (AvgIpc) is 2.49. The summed E-state index contributed by atoms with van der Waals surface area (Å²) in [5.74, 6) is -0.363. The highest BCUT2D eigenvalue weighted by molar-refractivity contribution is 5.70. The van der Waals surface area contributed by atoms with Gasteiger partial charge in [-0.05, 0) is 6.08 Å². The minimum absolute atomic E-state index is 0.108. The Morgan fingerprint density at radius 1 is 1.71 bits per heavy atom. The van der Waals surface area contributed by atoms with Gasteiger partial charge >= 0.3 is 5.97 Å². The standard InChI is InChI=1S/C8H9N3O3/c1-4(12)14-8-6-5(10-11-8)2-3-9-7(6)13/h2-3,7,9,13H,1H3,(H,10,11). The lowest BCUT2D eigenvalue weighted by Crippen LogP contribution is -2.19. The summed E-state index contributed by atoms with van der Waals surface area (Å²) in [5, 5.41) is 18.6. The number of rotatable bonds is 1. The summed E-state index contributed by atoms with van der Waals surface area (Å²) >= 11 is 0. The quantitative estimate of drug-likeness (QED) is 0.545. The van der Waals surface area contributed by atoms with E-state index in [9.17, 15) is 9.90 Å². The molecule has 0 amide bonds. The van der Waals surface area contributed by atoms with Crippen LogP contribution in [0.1, 0.15) is 24.4 Å². The number of fused-ring (bicyclic) bond motifs is 1. The third-order valence-electron chi connectivity index (χ3n) is 1.82. The molecule has 0 saturated heterocycles. The predicted octanol–water partition coefficient (Wildman–Crippen LogP) is -0.100. The molecule has 6 nitrogen and oxygen atoms in total. The summed E-state index contributed by atoms with van der Waals surface area (Å²) < 4.78 is 4.81. The van der Waals surface area contributed by atoms with Gasteiger partial charge in [-0.15, -0.1) is 5.10 Å². The van der Waals surface area contributed by atoms with E-state index in [1.165, 1.54) is 6.92 Å². The predicted molar refractivity (Wildman–Crippen MR) is 47.0 cm³/mol. The van der Waals surface area contributed by atoms with Gasteiger partial charge in [-0.2, -0.15) is 0 Å². The fraction of sp³-hybridized carbons (Fsp3) is 0.250. The summed E-state index contributed by atoms with van der Waals surface area (Å²) in [6, 6.07) is 0. The highest BCUT2D eigenvalue weighted by atomic mass is 16.5. The molecule has 0 radical (unpaired) electrons. The molecule has 6 heteroatoms. The van der Waals surface area contributed by atoms with E-state index < -0.39 is 12.2 Å². The highest BCUT2D eigenvalue weighted by Crippen LogP contribution is 2.28. The number of nitrogens with one attached hydrogen (secondary N) is 2. The van der Waals surface area contributed by atoms with Crippen molar-refractivity contribution in [3.63, 3.8) is 0 Å². The topological polar surface area (TPSA) is 87.2 Å². The van der Waals surface area contributed by atoms with Crippen molar-refractivity contribution in [3.05, 3.63) is 17.5 Å². The van der Waals surface area contributed by atoms with Gasteiger partial charge in [-0.1, -0.05) is 0 Å².